The van der Waals surface area contributed by atoms with Crippen LogP contribution in [0.2, 0.25) is 0 Å². The van der Waals surface area contributed by atoms with Crippen molar-refractivity contribution in [3.63, 3.8) is 0 Å². The SMILES string of the molecule is CC1CN(c2nc(-c3cnc(N)c(OC(F)F)c3)cc(N3CC4CC3CO4)n2)CC1F. The Labute approximate surface area is 177 Å². The number of nitrogens with zero attached hydrogens (tertiary/aromatic N) is 5. The molecular weight excluding hydrogens is 413 g/mol. The number of nitrogens with two attached hydrogens (primary N) is 1. The van der Waals surface area contributed by atoms with Crippen LogP contribution in [0.15, 0.2) is 18.3 Å². The highest BCUT2D eigenvalue weighted by molar-refractivity contribution is 5.68. The quantitative estimate of drug-likeness (QED) is 0.765. The second-order valence-corrected chi connectivity index (χ2v) is 8.29. The Morgan fingerprint density at radius 3 is 2.71 bits per heavy atom. The first-order valence-electron chi connectivity index (χ1n) is 10.2. The second kappa shape index (κ2) is 7.70. The molecule has 5 heterocycles. The fraction of sp³-hybridized carbons (Fsp3) is 0.550. The Hall–Kier alpha value is -2.82. The van der Waals surface area contributed by atoms with Crippen molar-refractivity contribution in [2.24, 2.45) is 5.92 Å². The largest absolute Gasteiger partial charge is 0.431 e. The highest BCUT2D eigenvalue weighted by atomic mass is 19.3. The van der Waals surface area contributed by atoms with Crippen LogP contribution in [0.25, 0.3) is 11.3 Å². The van der Waals surface area contributed by atoms with Gasteiger partial charge in [-0.15, -0.1) is 0 Å². The van der Waals surface area contributed by atoms with E-state index in [1.807, 2.05) is 11.8 Å². The zero-order valence-corrected chi connectivity index (χ0v) is 16.9. The molecule has 2 bridgehead atoms. The monoisotopic (exact) mass is 436 g/mol. The lowest BCUT2D eigenvalue weighted by molar-refractivity contribution is -0.0494. The Morgan fingerprint density at radius 1 is 1.23 bits per heavy atom. The summed E-state index contributed by atoms with van der Waals surface area (Å²) in [7, 11) is 0. The summed E-state index contributed by atoms with van der Waals surface area (Å²) in [4.78, 5) is 17.3. The van der Waals surface area contributed by atoms with E-state index in [2.05, 4.69) is 19.6 Å². The van der Waals surface area contributed by atoms with Crippen LogP contribution >= 0.6 is 0 Å². The highest BCUT2D eigenvalue weighted by Crippen LogP contribution is 2.36. The minimum absolute atomic E-state index is 0.129. The number of nitrogen functional groups attached to an aromatic ring is 1. The zero-order valence-electron chi connectivity index (χ0n) is 16.9. The summed E-state index contributed by atoms with van der Waals surface area (Å²) in [5.41, 5.74) is 6.61. The Kier molecular flexibility index (Phi) is 4.99. The Balaban J connectivity index is 1.55. The first-order chi connectivity index (χ1) is 14.9. The summed E-state index contributed by atoms with van der Waals surface area (Å²) >= 11 is 0. The predicted molar refractivity (Wildman–Crippen MR) is 108 cm³/mol. The van der Waals surface area contributed by atoms with Crippen LogP contribution in [-0.2, 0) is 4.74 Å². The number of rotatable bonds is 5. The van der Waals surface area contributed by atoms with E-state index >= 15 is 0 Å². The number of halogens is 3. The van der Waals surface area contributed by atoms with E-state index in [0.29, 0.717) is 42.7 Å². The molecule has 0 aliphatic carbocycles. The van der Waals surface area contributed by atoms with E-state index in [-0.39, 0.29) is 36.2 Å². The molecule has 4 atom stereocenters. The molecule has 3 aliphatic heterocycles. The average Bonchev–Trinajstić information content (AvgIpc) is 3.45. The molecule has 2 aromatic heterocycles. The fourth-order valence-corrected chi connectivity index (χ4v) is 4.41. The van der Waals surface area contributed by atoms with Crippen molar-refractivity contribution in [2.45, 2.75) is 38.3 Å². The van der Waals surface area contributed by atoms with Crippen molar-refractivity contribution in [1.29, 1.82) is 0 Å². The molecule has 31 heavy (non-hydrogen) atoms. The van der Waals surface area contributed by atoms with Crippen LogP contribution in [0.4, 0.5) is 30.8 Å². The number of hydrogen-bond donors (Lipinski definition) is 1. The molecular formula is C20H23F3N6O2. The van der Waals surface area contributed by atoms with Gasteiger partial charge in [0.15, 0.2) is 11.6 Å². The first kappa shape index (κ1) is 20.1. The number of aromatic nitrogens is 3. The van der Waals surface area contributed by atoms with Gasteiger partial charge < -0.3 is 25.0 Å². The normalized spacial score (nSPS) is 27.5. The van der Waals surface area contributed by atoms with Gasteiger partial charge in [0.05, 0.1) is 31.0 Å². The van der Waals surface area contributed by atoms with E-state index in [1.54, 1.807) is 6.07 Å². The lowest BCUT2D eigenvalue weighted by Crippen LogP contribution is -2.38. The summed E-state index contributed by atoms with van der Waals surface area (Å²) < 4.78 is 49.8. The molecule has 3 fully saturated rings. The van der Waals surface area contributed by atoms with Crippen molar-refractivity contribution in [3.05, 3.63) is 18.3 Å². The molecule has 0 radical (unpaired) electrons. The maximum atomic E-state index is 14.2. The van der Waals surface area contributed by atoms with Gasteiger partial charge in [-0.25, -0.2) is 14.4 Å². The van der Waals surface area contributed by atoms with Crippen LogP contribution in [0.3, 0.4) is 0 Å². The third kappa shape index (κ3) is 3.82. The molecule has 11 heteroatoms. The molecule has 4 unspecified atom stereocenters. The summed E-state index contributed by atoms with van der Waals surface area (Å²) in [5, 5.41) is 0. The zero-order chi connectivity index (χ0) is 21.7. The standard InChI is InChI=1S/C20H23F3N6O2/c1-10-6-28(8-14(10)21)20-26-15(11-2-16(31-19(22)23)18(24)25-5-11)4-17(27-20)29-7-13-3-12(29)9-30-13/h2,4-5,10,12-14,19H,3,6-9H2,1H3,(H2,24,25). The van der Waals surface area contributed by atoms with E-state index in [4.69, 9.17) is 15.5 Å². The summed E-state index contributed by atoms with van der Waals surface area (Å²) in [5.74, 6) is 0.606. The lowest BCUT2D eigenvalue weighted by atomic mass is 10.1. The van der Waals surface area contributed by atoms with Crippen molar-refractivity contribution in [2.75, 3.05) is 41.8 Å². The van der Waals surface area contributed by atoms with Crippen LogP contribution in [0.1, 0.15) is 13.3 Å². The maximum Gasteiger partial charge on any atom is 0.387 e. The molecule has 8 nitrogen and oxygen atoms in total. The van der Waals surface area contributed by atoms with Crippen molar-refractivity contribution >= 4 is 17.6 Å². The highest BCUT2D eigenvalue weighted by Gasteiger charge is 2.40. The van der Waals surface area contributed by atoms with Crippen LogP contribution in [0, 0.1) is 5.92 Å². The average molecular weight is 436 g/mol. The van der Waals surface area contributed by atoms with Crippen molar-refractivity contribution < 1.29 is 22.6 Å². The minimum Gasteiger partial charge on any atom is -0.431 e. The number of ether oxygens (including phenoxy) is 2. The number of morpholine rings is 1. The van der Waals surface area contributed by atoms with Gasteiger partial charge in [0.25, 0.3) is 0 Å². The molecule has 3 aliphatic rings. The van der Waals surface area contributed by atoms with Gasteiger partial charge in [-0.2, -0.15) is 13.8 Å². The molecule has 0 spiro atoms. The Morgan fingerprint density at radius 2 is 2.06 bits per heavy atom. The minimum atomic E-state index is -3.02. The molecule has 0 amide bonds. The van der Waals surface area contributed by atoms with Gasteiger partial charge in [-0.05, 0) is 12.5 Å². The summed E-state index contributed by atoms with van der Waals surface area (Å²) in [6.45, 7) is 0.871. The van der Waals surface area contributed by atoms with Gasteiger partial charge in [0.1, 0.15) is 12.0 Å². The Bertz CT molecular complexity index is 970. The van der Waals surface area contributed by atoms with E-state index in [9.17, 15) is 13.2 Å². The molecule has 0 saturated carbocycles. The van der Waals surface area contributed by atoms with E-state index < -0.39 is 12.8 Å². The number of alkyl halides is 3. The van der Waals surface area contributed by atoms with Gasteiger partial charge >= 0.3 is 6.61 Å². The van der Waals surface area contributed by atoms with Gasteiger partial charge in [-0.3, -0.25) is 0 Å². The van der Waals surface area contributed by atoms with Crippen molar-refractivity contribution in [3.8, 4) is 17.0 Å². The van der Waals surface area contributed by atoms with E-state index in [0.717, 1.165) is 6.42 Å². The molecule has 0 aromatic carbocycles. The smallest absolute Gasteiger partial charge is 0.387 e. The molecule has 2 aromatic rings. The third-order valence-corrected chi connectivity index (χ3v) is 6.09. The van der Waals surface area contributed by atoms with Crippen LogP contribution in [-0.4, -0.2) is 66.1 Å². The maximum absolute atomic E-state index is 14.2. The van der Waals surface area contributed by atoms with Crippen LogP contribution < -0.4 is 20.3 Å². The predicted octanol–water partition coefficient (Wildman–Crippen LogP) is 2.49. The molecule has 166 valence electrons. The number of pyridine rings is 1. The lowest BCUT2D eigenvalue weighted by Gasteiger charge is -2.29. The molecule has 3 saturated heterocycles. The van der Waals surface area contributed by atoms with Crippen molar-refractivity contribution in [1.82, 2.24) is 15.0 Å². The molecule has 2 N–H and O–H groups in total. The second-order valence-electron chi connectivity index (χ2n) is 8.29. The van der Waals surface area contributed by atoms with Gasteiger partial charge in [-0.1, -0.05) is 6.92 Å². The van der Waals surface area contributed by atoms with E-state index in [1.165, 1.54) is 12.3 Å². The van der Waals surface area contributed by atoms with Gasteiger partial charge in [0, 0.05) is 36.8 Å². The number of hydrogen-bond acceptors (Lipinski definition) is 8. The topological polar surface area (TPSA) is 89.6 Å². The van der Waals surface area contributed by atoms with Crippen LogP contribution in [0.5, 0.6) is 5.75 Å². The number of anilines is 3. The molecule has 5 rings (SSSR count). The third-order valence-electron chi connectivity index (χ3n) is 6.09. The summed E-state index contributed by atoms with van der Waals surface area (Å²) in [6.07, 6.45) is 1.58. The number of fused-ring (bicyclic) bond motifs is 2. The van der Waals surface area contributed by atoms with Gasteiger partial charge in [0.2, 0.25) is 5.95 Å². The first-order valence-corrected chi connectivity index (χ1v) is 10.2. The fourth-order valence-electron chi connectivity index (χ4n) is 4.41. The summed E-state index contributed by atoms with van der Waals surface area (Å²) in [6, 6.07) is 3.39.